The van der Waals surface area contributed by atoms with Crippen molar-refractivity contribution in [1.29, 1.82) is 0 Å². The number of pyridine rings is 1. The van der Waals surface area contributed by atoms with E-state index in [-0.39, 0.29) is 24.5 Å². The van der Waals surface area contributed by atoms with Crippen LogP contribution in [0.15, 0.2) is 24.4 Å². The molecule has 6 nitrogen and oxygen atoms in total. The van der Waals surface area contributed by atoms with E-state index in [1.54, 1.807) is 18.0 Å². The normalized spacial score (nSPS) is 14.9. The smallest absolute Gasteiger partial charge is 0.317 e. The molecule has 0 bridgehead atoms. The van der Waals surface area contributed by atoms with Crippen LogP contribution in [0.4, 0.5) is 4.79 Å². The molecule has 0 atom stereocenters. The van der Waals surface area contributed by atoms with Gasteiger partial charge in [-0.2, -0.15) is 0 Å². The summed E-state index contributed by atoms with van der Waals surface area (Å²) in [6, 6.07) is 5.72. The first-order chi connectivity index (χ1) is 11.7. The van der Waals surface area contributed by atoms with Crippen molar-refractivity contribution in [2.45, 2.75) is 58.0 Å². The Morgan fingerprint density at radius 2 is 2.08 bits per heavy atom. The van der Waals surface area contributed by atoms with Crippen LogP contribution in [0.3, 0.4) is 0 Å². The monoisotopic (exact) mass is 333 g/mol. The first-order valence-electron chi connectivity index (χ1n) is 8.80. The number of aromatic nitrogens is 1. The molecular weight excluding hydrogens is 306 g/mol. The summed E-state index contributed by atoms with van der Waals surface area (Å²) < 4.78 is 4.96. The molecule has 1 aromatic heterocycles. The van der Waals surface area contributed by atoms with Crippen LogP contribution < -0.4 is 5.32 Å². The Morgan fingerprint density at radius 3 is 2.75 bits per heavy atom. The van der Waals surface area contributed by atoms with Gasteiger partial charge in [0.15, 0.2) is 0 Å². The molecule has 1 heterocycles. The molecule has 2 rings (SSSR count). The van der Waals surface area contributed by atoms with Gasteiger partial charge in [0.05, 0.1) is 25.3 Å². The zero-order chi connectivity index (χ0) is 17.2. The van der Waals surface area contributed by atoms with Gasteiger partial charge < -0.3 is 15.0 Å². The number of carbonyl (C=O) groups is 2. The van der Waals surface area contributed by atoms with Crippen LogP contribution in [-0.2, 0) is 16.1 Å². The molecule has 132 valence electrons. The van der Waals surface area contributed by atoms with E-state index < -0.39 is 0 Å². The second-order valence-corrected chi connectivity index (χ2v) is 6.08. The second kappa shape index (κ2) is 9.90. The summed E-state index contributed by atoms with van der Waals surface area (Å²) in [6.07, 6.45) is 7.52. The number of ether oxygens (including phenoxy) is 1. The average molecular weight is 333 g/mol. The predicted octanol–water partition coefficient (Wildman–Crippen LogP) is 2.88. The molecule has 1 N–H and O–H groups in total. The van der Waals surface area contributed by atoms with E-state index in [0.717, 1.165) is 31.4 Å². The number of nitrogens with zero attached hydrogens (tertiary/aromatic N) is 2. The Labute approximate surface area is 143 Å². The Morgan fingerprint density at radius 1 is 1.29 bits per heavy atom. The maximum absolute atomic E-state index is 12.6. The first kappa shape index (κ1) is 18.2. The molecular formula is C18H27N3O3. The molecule has 0 spiro atoms. The van der Waals surface area contributed by atoms with E-state index in [1.807, 2.05) is 18.2 Å². The Hall–Kier alpha value is -2.11. The van der Waals surface area contributed by atoms with Gasteiger partial charge in [0.2, 0.25) is 0 Å². The predicted molar refractivity (Wildman–Crippen MR) is 91.3 cm³/mol. The van der Waals surface area contributed by atoms with Crippen LogP contribution in [0.5, 0.6) is 0 Å². The van der Waals surface area contributed by atoms with Crippen LogP contribution in [0, 0.1) is 0 Å². The number of amides is 2. The lowest BCUT2D eigenvalue weighted by molar-refractivity contribution is -0.143. The Balaban J connectivity index is 1.94. The van der Waals surface area contributed by atoms with Crippen molar-refractivity contribution < 1.29 is 14.3 Å². The summed E-state index contributed by atoms with van der Waals surface area (Å²) in [5.41, 5.74) is 0.806. The van der Waals surface area contributed by atoms with Gasteiger partial charge in [0.1, 0.15) is 0 Å². The highest BCUT2D eigenvalue weighted by Gasteiger charge is 2.21. The van der Waals surface area contributed by atoms with Crippen molar-refractivity contribution in [3.63, 3.8) is 0 Å². The molecule has 0 unspecified atom stereocenters. The maximum atomic E-state index is 12.6. The summed E-state index contributed by atoms with van der Waals surface area (Å²) in [7, 11) is 0. The lowest BCUT2D eigenvalue weighted by Crippen LogP contribution is -2.46. The fourth-order valence-corrected chi connectivity index (χ4v) is 2.91. The van der Waals surface area contributed by atoms with Gasteiger partial charge in [-0.25, -0.2) is 4.79 Å². The zero-order valence-electron chi connectivity index (χ0n) is 14.4. The highest BCUT2D eigenvalue weighted by molar-refractivity contribution is 5.76. The molecule has 0 radical (unpaired) electrons. The molecule has 2 amide bonds. The summed E-state index contributed by atoms with van der Waals surface area (Å²) in [6.45, 7) is 2.85. The lowest BCUT2D eigenvalue weighted by atomic mass is 9.96. The van der Waals surface area contributed by atoms with Gasteiger partial charge in [0.25, 0.3) is 0 Å². The number of hydrogen-bond acceptors (Lipinski definition) is 4. The topological polar surface area (TPSA) is 71.5 Å². The van der Waals surface area contributed by atoms with E-state index >= 15 is 0 Å². The zero-order valence-corrected chi connectivity index (χ0v) is 14.4. The van der Waals surface area contributed by atoms with Crippen LogP contribution in [0.1, 0.15) is 51.1 Å². The Kier molecular flexibility index (Phi) is 7.52. The third-order valence-corrected chi connectivity index (χ3v) is 4.19. The number of esters is 1. The second-order valence-electron chi connectivity index (χ2n) is 6.08. The molecule has 24 heavy (non-hydrogen) atoms. The van der Waals surface area contributed by atoms with Gasteiger partial charge in [-0.3, -0.25) is 9.78 Å². The van der Waals surface area contributed by atoms with Gasteiger partial charge in [0, 0.05) is 18.8 Å². The number of carbonyl (C=O) groups excluding carboxylic acids is 2. The number of hydrogen-bond donors (Lipinski definition) is 1. The van der Waals surface area contributed by atoms with Crippen molar-refractivity contribution in [3.05, 3.63) is 30.1 Å². The molecule has 1 aromatic rings. The molecule has 1 aliphatic rings. The quantitative estimate of drug-likeness (QED) is 0.779. The minimum atomic E-state index is -0.283. The fraction of sp³-hybridized carbons (Fsp3) is 0.611. The SMILES string of the molecule is CCOC(=O)CCN(Cc1ccccn1)C(=O)NC1CCCCC1. The van der Waals surface area contributed by atoms with Gasteiger partial charge >= 0.3 is 12.0 Å². The summed E-state index contributed by atoms with van der Waals surface area (Å²) in [5, 5.41) is 3.10. The van der Waals surface area contributed by atoms with Crippen LogP contribution in [0.25, 0.3) is 0 Å². The molecule has 1 fully saturated rings. The van der Waals surface area contributed by atoms with E-state index in [9.17, 15) is 9.59 Å². The number of rotatable bonds is 7. The van der Waals surface area contributed by atoms with Crippen molar-refractivity contribution >= 4 is 12.0 Å². The molecule has 1 aliphatic carbocycles. The van der Waals surface area contributed by atoms with Crippen molar-refractivity contribution in [2.75, 3.05) is 13.2 Å². The third kappa shape index (κ3) is 6.18. The molecule has 1 saturated carbocycles. The van der Waals surface area contributed by atoms with Crippen molar-refractivity contribution in [1.82, 2.24) is 15.2 Å². The molecule has 0 aromatic carbocycles. The largest absolute Gasteiger partial charge is 0.466 e. The van der Waals surface area contributed by atoms with E-state index in [2.05, 4.69) is 10.3 Å². The maximum Gasteiger partial charge on any atom is 0.317 e. The van der Waals surface area contributed by atoms with Crippen LogP contribution >= 0.6 is 0 Å². The van der Waals surface area contributed by atoms with E-state index in [1.165, 1.54) is 6.42 Å². The standard InChI is InChI=1S/C18H27N3O3/c1-2-24-17(22)11-13-21(14-16-10-6-7-12-19-16)18(23)20-15-8-4-3-5-9-15/h6-7,10,12,15H,2-5,8-9,11,13-14H2,1H3,(H,20,23). The van der Waals surface area contributed by atoms with Gasteiger partial charge in [-0.1, -0.05) is 25.3 Å². The van der Waals surface area contributed by atoms with Crippen LogP contribution in [0.2, 0.25) is 0 Å². The molecule has 6 heteroatoms. The van der Waals surface area contributed by atoms with Gasteiger partial charge in [-0.15, -0.1) is 0 Å². The van der Waals surface area contributed by atoms with E-state index in [0.29, 0.717) is 19.7 Å². The van der Waals surface area contributed by atoms with Crippen LogP contribution in [-0.4, -0.2) is 41.1 Å². The first-order valence-corrected chi connectivity index (χ1v) is 8.80. The molecule has 0 saturated heterocycles. The Bertz CT molecular complexity index is 516. The molecule has 0 aliphatic heterocycles. The summed E-state index contributed by atoms with van der Waals surface area (Å²) >= 11 is 0. The highest BCUT2D eigenvalue weighted by atomic mass is 16.5. The van der Waals surface area contributed by atoms with Crippen molar-refractivity contribution in [2.24, 2.45) is 0 Å². The van der Waals surface area contributed by atoms with Crippen molar-refractivity contribution in [3.8, 4) is 0 Å². The third-order valence-electron chi connectivity index (χ3n) is 4.19. The van der Waals surface area contributed by atoms with E-state index in [4.69, 9.17) is 4.74 Å². The lowest BCUT2D eigenvalue weighted by Gasteiger charge is -2.28. The van der Waals surface area contributed by atoms with Gasteiger partial charge in [-0.05, 0) is 31.9 Å². The number of urea groups is 1. The average Bonchev–Trinajstić information content (AvgIpc) is 2.60. The number of nitrogens with one attached hydrogen (secondary N) is 1. The minimum Gasteiger partial charge on any atom is -0.466 e. The fourth-order valence-electron chi connectivity index (χ4n) is 2.91. The summed E-state index contributed by atoms with van der Waals surface area (Å²) in [4.78, 5) is 30.2. The summed E-state index contributed by atoms with van der Waals surface area (Å²) in [5.74, 6) is -0.283. The highest BCUT2D eigenvalue weighted by Crippen LogP contribution is 2.18. The minimum absolute atomic E-state index is 0.128.